The molecule has 2 heterocycles. The maximum atomic E-state index is 2.85. The zero-order valence-electron chi connectivity index (χ0n) is 14.0. The molecule has 0 amide bonds. The van der Waals surface area contributed by atoms with Crippen molar-refractivity contribution in [3.05, 3.63) is 0 Å². The second-order valence-electron chi connectivity index (χ2n) is 6.96. The number of hydrogen-bond donors (Lipinski definition) is 0. The van der Waals surface area contributed by atoms with Crippen LogP contribution in [-0.4, -0.2) is 73.1 Å². The summed E-state index contributed by atoms with van der Waals surface area (Å²) in [4.78, 5) is 7.96. The van der Waals surface area contributed by atoms with Crippen molar-refractivity contribution < 1.29 is 0 Å². The van der Waals surface area contributed by atoms with E-state index < -0.39 is 0 Å². The number of likely N-dealkylation sites (N-methyl/N-ethyl adjacent to an activating group) is 1. The predicted molar refractivity (Wildman–Crippen MR) is 87.3 cm³/mol. The highest BCUT2D eigenvalue weighted by atomic mass is 15.3. The third-order valence-corrected chi connectivity index (χ3v) is 5.45. The molecule has 2 rings (SSSR count). The Balaban J connectivity index is 1.83. The van der Waals surface area contributed by atoms with Gasteiger partial charge in [-0.2, -0.15) is 0 Å². The summed E-state index contributed by atoms with van der Waals surface area (Å²) in [5, 5.41) is 0. The molecule has 0 unspecified atom stereocenters. The first-order chi connectivity index (χ1) is 9.70. The van der Waals surface area contributed by atoms with Gasteiger partial charge in [0.1, 0.15) is 0 Å². The van der Waals surface area contributed by atoms with Crippen molar-refractivity contribution in [2.75, 3.05) is 52.9 Å². The number of likely N-dealkylation sites (tertiary alicyclic amines) is 1. The summed E-state index contributed by atoms with van der Waals surface area (Å²) >= 11 is 0. The first-order valence-corrected chi connectivity index (χ1v) is 8.86. The summed E-state index contributed by atoms with van der Waals surface area (Å²) in [6.45, 7) is 13.6. The van der Waals surface area contributed by atoms with Crippen LogP contribution in [0.5, 0.6) is 0 Å². The molecule has 3 heteroatoms. The number of nitrogens with zero attached hydrogens (tertiary/aromatic N) is 3. The molecule has 0 atom stereocenters. The van der Waals surface area contributed by atoms with Gasteiger partial charge in [-0.25, -0.2) is 0 Å². The van der Waals surface area contributed by atoms with Crippen LogP contribution in [0.3, 0.4) is 0 Å². The van der Waals surface area contributed by atoms with Gasteiger partial charge in [-0.1, -0.05) is 26.7 Å². The Morgan fingerprint density at radius 2 is 1.50 bits per heavy atom. The number of hydrogen-bond acceptors (Lipinski definition) is 3. The minimum absolute atomic E-state index is 0.552. The van der Waals surface area contributed by atoms with Gasteiger partial charge < -0.3 is 4.90 Å². The molecule has 2 aliphatic heterocycles. The second kappa shape index (κ2) is 7.77. The lowest BCUT2D eigenvalue weighted by atomic mass is 9.86. The molecule has 0 aliphatic carbocycles. The van der Waals surface area contributed by atoms with Gasteiger partial charge in [0.05, 0.1) is 0 Å². The number of rotatable bonds is 7. The maximum Gasteiger partial charge on any atom is 0.0210 e. The molecule has 0 saturated carbocycles. The second-order valence-corrected chi connectivity index (χ2v) is 6.96. The fraction of sp³-hybridized carbons (Fsp3) is 1.00. The summed E-state index contributed by atoms with van der Waals surface area (Å²) in [6.07, 6.45) is 8.35. The van der Waals surface area contributed by atoms with E-state index >= 15 is 0 Å². The molecule has 0 bridgehead atoms. The van der Waals surface area contributed by atoms with E-state index in [4.69, 9.17) is 0 Å². The van der Waals surface area contributed by atoms with Gasteiger partial charge >= 0.3 is 0 Å². The van der Waals surface area contributed by atoms with Gasteiger partial charge in [-0.3, -0.25) is 9.80 Å². The molecule has 0 spiro atoms. The first kappa shape index (κ1) is 16.3. The van der Waals surface area contributed by atoms with Crippen molar-refractivity contribution in [1.29, 1.82) is 0 Å². The van der Waals surface area contributed by atoms with E-state index in [1.807, 2.05) is 0 Å². The third-order valence-electron chi connectivity index (χ3n) is 5.45. The molecule has 2 aliphatic rings. The van der Waals surface area contributed by atoms with Crippen LogP contribution in [0.1, 0.15) is 52.4 Å². The molecule has 3 nitrogen and oxygen atoms in total. The van der Waals surface area contributed by atoms with E-state index in [2.05, 4.69) is 35.6 Å². The van der Waals surface area contributed by atoms with Gasteiger partial charge in [0.2, 0.25) is 0 Å². The minimum atomic E-state index is 0.552. The maximum absolute atomic E-state index is 2.85. The summed E-state index contributed by atoms with van der Waals surface area (Å²) < 4.78 is 0. The third kappa shape index (κ3) is 3.96. The lowest BCUT2D eigenvalue weighted by Gasteiger charge is -2.41. The van der Waals surface area contributed by atoms with Crippen molar-refractivity contribution in [2.24, 2.45) is 0 Å². The Morgan fingerprint density at radius 3 is 2.10 bits per heavy atom. The molecular weight excluding hydrogens is 246 g/mol. The smallest absolute Gasteiger partial charge is 0.0210 e. The van der Waals surface area contributed by atoms with E-state index in [0.29, 0.717) is 5.54 Å². The minimum Gasteiger partial charge on any atom is -0.304 e. The summed E-state index contributed by atoms with van der Waals surface area (Å²) in [5.41, 5.74) is 0.552. The highest BCUT2D eigenvalue weighted by molar-refractivity contribution is 4.95. The molecule has 0 radical (unpaired) electrons. The molecule has 0 aromatic rings. The fourth-order valence-corrected chi connectivity index (χ4v) is 4.30. The van der Waals surface area contributed by atoms with Crippen LogP contribution in [-0.2, 0) is 0 Å². The van der Waals surface area contributed by atoms with Crippen LogP contribution < -0.4 is 0 Å². The van der Waals surface area contributed by atoms with Crippen LogP contribution in [0.15, 0.2) is 0 Å². The van der Waals surface area contributed by atoms with Gasteiger partial charge in [0.15, 0.2) is 0 Å². The van der Waals surface area contributed by atoms with Crippen molar-refractivity contribution in [3.8, 4) is 0 Å². The van der Waals surface area contributed by atoms with E-state index in [0.717, 1.165) is 0 Å². The summed E-state index contributed by atoms with van der Waals surface area (Å²) in [5.74, 6) is 0. The van der Waals surface area contributed by atoms with Crippen LogP contribution >= 0.6 is 0 Å². The normalized spacial score (nSPS) is 25.4. The van der Waals surface area contributed by atoms with Gasteiger partial charge in [0, 0.05) is 44.8 Å². The Bertz CT molecular complexity index is 265. The van der Waals surface area contributed by atoms with E-state index in [1.54, 1.807) is 0 Å². The SMILES string of the molecule is CCCC1(CCC)CCCN1CCN1CCN(C)CC1. The summed E-state index contributed by atoms with van der Waals surface area (Å²) in [6, 6.07) is 0. The highest BCUT2D eigenvalue weighted by Crippen LogP contribution is 2.37. The van der Waals surface area contributed by atoms with Crippen LogP contribution in [0.4, 0.5) is 0 Å². The average molecular weight is 281 g/mol. The van der Waals surface area contributed by atoms with E-state index in [-0.39, 0.29) is 0 Å². The molecule has 0 aromatic heterocycles. The van der Waals surface area contributed by atoms with Crippen molar-refractivity contribution in [3.63, 3.8) is 0 Å². The standard InChI is InChI=1S/C17H35N3/c1-4-7-17(8-5-2)9-6-10-20(17)16-15-19-13-11-18(3)12-14-19/h4-16H2,1-3H3. The Labute approximate surface area is 126 Å². The van der Waals surface area contributed by atoms with E-state index in [1.165, 1.54) is 84.3 Å². The van der Waals surface area contributed by atoms with Gasteiger partial charge in [-0.15, -0.1) is 0 Å². The molecule has 0 aromatic carbocycles. The van der Waals surface area contributed by atoms with Crippen molar-refractivity contribution in [1.82, 2.24) is 14.7 Å². The lowest BCUT2D eigenvalue weighted by molar-refractivity contribution is 0.0836. The molecule has 2 fully saturated rings. The predicted octanol–water partition coefficient (Wildman–Crippen LogP) is 2.67. The Hall–Kier alpha value is -0.120. The highest BCUT2D eigenvalue weighted by Gasteiger charge is 2.38. The van der Waals surface area contributed by atoms with Crippen LogP contribution in [0.25, 0.3) is 0 Å². The monoisotopic (exact) mass is 281 g/mol. The van der Waals surface area contributed by atoms with Gasteiger partial charge in [0.25, 0.3) is 0 Å². The molecule has 0 N–H and O–H groups in total. The number of piperazine rings is 1. The van der Waals surface area contributed by atoms with Crippen molar-refractivity contribution in [2.45, 2.75) is 57.9 Å². The lowest BCUT2D eigenvalue weighted by Crippen LogP contribution is -2.50. The quantitative estimate of drug-likeness (QED) is 0.710. The topological polar surface area (TPSA) is 9.72 Å². The zero-order valence-corrected chi connectivity index (χ0v) is 14.0. The first-order valence-electron chi connectivity index (χ1n) is 8.86. The average Bonchev–Trinajstić information content (AvgIpc) is 2.82. The van der Waals surface area contributed by atoms with Gasteiger partial charge in [-0.05, 0) is 39.3 Å². The molecule has 20 heavy (non-hydrogen) atoms. The zero-order chi connectivity index (χ0) is 14.4. The van der Waals surface area contributed by atoms with Crippen LogP contribution in [0, 0.1) is 0 Å². The van der Waals surface area contributed by atoms with Crippen LogP contribution in [0.2, 0.25) is 0 Å². The van der Waals surface area contributed by atoms with Crippen molar-refractivity contribution >= 4 is 0 Å². The summed E-state index contributed by atoms with van der Waals surface area (Å²) in [7, 11) is 2.24. The molecule has 118 valence electrons. The van der Waals surface area contributed by atoms with E-state index in [9.17, 15) is 0 Å². The largest absolute Gasteiger partial charge is 0.304 e. The fourth-order valence-electron chi connectivity index (χ4n) is 4.30. The molecular formula is C17H35N3. The molecule has 2 saturated heterocycles. The Kier molecular flexibility index (Phi) is 6.31. The Morgan fingerprint density at radius 1 is 0.850 bits per heavy atom.